The smallest absolute Gasteiger partial charge is 0.335 e. The first-order valence-electron chi connectivity index (χ1n) is 8.76. The zero-order valence-electron chi connectivity index (χ0n) is 15.5. The van der Waals surface area contributed by atoms with E-state index in [1.807, 2.05) is 6.92 Å². The number of benzene rings is 1. The van der Waals surface area contributed by atoms with Crippen molar-refractivity contribution in [3.05, 3.63) is 34.9 Å². The number of hydrogen-bond donors (Lipinski definition) is 4. The van der Waals surface area contributed by atoms with Crippen molar-refractivity contribution in [2.45, 2.75) is 26.3 Å². The fourth-order valence-corrected chi connectivity index (χ4v) is 2.72. The Kier molecular flexibility index (Phi) is 5.48. The summed E-state index contributed by atoms with van der Waals surface area (Å²) in [5, 5.41) is 28.7. The molecule has 0 aliphatic rings. The highest BCUT2D eigenvalue weighted by Gasteiger charge is 2.19. The Balaban J connectivity index is 2.04. The number of nitrogens with two attached hydrogens (primary N) is 1. The lowest BCUT2D eigenvalue weighted by Crippen LogP contribution is -2.08. The third kappa shape index (κ3) is 4.18. The molecular weight excluding hydrogens is 382 g/mol. The lowest BCUT2D eigenvalue weighted by Gasteiger charge is -2.09. The molecule has 0 unspecified atom stereocenters. The molecule has 11 heteroatoms. The standard InChI is InChI=1S/C18H19N5O6/c1-2-3-4-29-17-21-13(19)12-14(22-17)23(18(28)20-12)8-9-5-10(15(24)25)7-11(6-9)16(26)27/h5-7H,2-4,8H2,1H3,(H,20,28)(H,24,25)(H,26,27)(H2,19,21,22). The molecule has 0 atom stereocenters. The van der Waals surface area contributed by atoms with E-state index < -0.39 is 17.9 Å². The molecule has 0 fully saturated rings. The van der Waals surface area contributed by atoms with E-state index in [-0.39, 0.29) is 40.7 Å². The highest BCUT2D eigenvalue weighted by Crippen LogP contribution is 2.26. The molecule has 5 N–H and O–H groups in total. The molecule has 2 heterocycles. The van der Waals surface area contributed by atoms with Crippen LogP contribution < -0.4 is 10.5 Å². The van der Waals surface area contributed by atoms with Gasteiger partial charge in [-0.2, -0.15) is 15.0 Å². The number of unbranched alkanes of at least 4 members (excludes halogenated alkanes) is 1. The number of carbonyl (C=O) groups is 2. The van der Waals surface area contributed by atoms with Crippen molar-refractivity contribution in [1.82, 2.24) is 19.5 Å². The Morgan fingerprint density at radius 2 is 1.76 bits per heavy atom. The minimum absolute atomic E-state index is 0.0149. The van der Waals surface area contributed by atoms with E-state index in [9.17, 15) is 24.9 Å². The summed E-state index contributed by atoms with van der Waals surface area (Å²) in [6.07, 6.45) is 1.72. The summed E-state index contributed by atoms with van der Waals surface area (Å²) in [6.45, 7) is 2.31. The monoisotopic (exact) mass is 401 g/mol. The molecule has 1 aromatic carbocycles. The maximum atomic E-state index is 11.3. The fourth-order valence-electron chi connectivity index (χ4n) is 2.72. The second-order valence-corrected chi connectivity index (χ2v) is 6.29. The number of aromatic nitrogens is 4. The minimum atomic E-state index is -1.27. The van der Waals surface area contributed by atoms with E-state index >= 15 is 0 Å². The third-order valence-corrected chi connectivity index (χ3v) is 4.14. The molecule has 0 bridgehead atoms. The molecule has 3 aromatic rings. The van der Waals surface area contributed by atoms with Crippen LogP contribution in [0.15, 0.2) is 18.2 Å². The normalized spacial score (nSPS) is 10.9. The van der Waals surface area contributed by atoms with E-state index in [2.05, 4.69) is 15.0 Å². The van der Waals surface area contributed by atoms with Crippen LogP contribution in [-0.2, 0) is 6.54 Å². The molecular formula is C18H19N5O6. The van der Waals surface area contributed by atoms with Crippen LogP contribution in [0, 0.1) is 0 Å². The molecule has 3 rings (SSSR count). The van der Waals surface area contributed by atoms with Crippen LogP contribution in [0.5, 0.6) is 12.0 Å². The SMILES string of the molecule is CCCCOc1nc(N)c2nc(O)n(Cc3cc(C(=O)O)cc(C(=O)O)c3)c2n1. The lowest BCUT2D eigenvalue weighted by atomic mass is 10.1. The number of fused-ring (bicyclic) bond motifs is 1. The Labute approximate surface area is 164 Å². The highest BCUT2D eigenvalue weighted by atomic mass is 16.5. The van der Waals surface area contributed by atoms with Gasteiger partial charge in [0.1, 0.15) is 0 Å². The number of nitrogens with zero attached hydrogens (tertiary/aromatic N) is 4. The van der Waals surface area contributed by atoms with Gasteiger partial charge in [0, 0.05) is 0 Å². The van der Waals surface area contributed by atoms with Crippen molar-refractivity contribution in [2.75, 3.05) is 12.3 Å². The Bertz CT molecular complexity index is 1060. The van der Waals surface area contributed by atoms with Gasteiger partial charge >= 0.3 is 17.9 Å². The van der Waals surface area contributed by atoms with Crippen LogP contribution in [0.3, 0.4) is 0 Å². The summed E-state index contributed by atoms with van der Waals surface area (Å²) >= 11 is 0. The van der Waals surface area contributed by atoms with Crippen molar-refractivity contribution in [2.24, 2.45) is 0 Å². The molecule has 0 aliphatic carbocycles. The first kappa shape index (κ1) is 19.9. The Morgan fingerprint density at radius 1 is 1.10 bits per heavy atom. The first-order valence-corrected chi connectivity index (χ1v) is 8.76. The molecule has 0 saturated heterocycles. The van der Waals surface area contributed by atoms with Crippen molar-refractivity contribution >= 4 is 28.9 Å². The number of aromatic hydroxyl groups is 1. The molecule has 0 amide bonds. The number of carboxylic acids is 2. The van der Waals surface area contributed by atoms with E-state index in [0.29, 0.717) is 12.2 Å². The van der Waals surface area contributed by atoms with Gasteiger partial charge in [-0.15, -0.1) is 0 Å². The quantitative estimate of drug-likeness (QED) is 0.407. The van der Waals surface area contributed by atoms with Gasteiger partial charge < -0.3 is 25.8 Å². The number of aromatic carboxylic acids is 2. The third-order valence-electron chi connectivity index (χ3n) is 4.14. The van der Waals surface area contributed by atoms with Crippen LogP contribution in [0.4, 0.5) is 5.82 Å². The fraction of sp³-hybridized carbons (Fsp3) is 0.278. The van der Waals surface area contributed by atoms with E-state index in [1.165, 1.54) is 16.7 Å². The van der Waals surface area contributed by atoms with Crippen LogP contribution in [0.25, 0.3) is 11.2 Å². The molecule has 29 heavy (non-hydrogen) atoms. The second-order valence-electron chi connectivity index (χ2n) is 6.29. The van der Waals surface area contributed by atoms with Crippen LogP contribution in [0.2, 0.25) is 0 Å². The zero-order chi connectivity index (χ0) is 21.1. The van der Waals surface area contributed by atoms with Crippen LogP contribution in [-0.4, -0.2) is 53.4 Å². The van der Waals surface area contributed by atoms with Crippen LogP contribution in [0.1, 0.15) is 46.0 Å². The predicted octanol–water partition coefficient (Wildman–Crippen LogP) is 1.74. The maximum absolute atomic E-state index is 11.3. The van der Waals surface area contributed by atoms with Gasteiger partial charge in [0.05, 0.1) is 24.3 Å². The number of carboxylic acid groups (broad SMARTS) is 2. The predicted molar refractivity (Wildman–Crippen MR) is 101 cm³/mol. The average Bonchev–Trinajstić information content (AvgIpc) is 2.98. The molecule has 152 valence electrons. The average molecular weight is 401 g/mol. The molecule has 2 aromatic heterocycles. The summed E-state index contributed by atoms with van der Waals surface area (Å²) in [5.41, 5.74) is 6.16. The molecule has 0 radical (unpaired) electrons. The van der Waals surface area contributed by atoms with Crippen molar-refractivity contribution in [3.8, 4) is 12.0 Å². The van der Waals surface area contributed by atoms with Gasteiger partial charge in [-0.3, -0.25) is 4.57 Å². The van der Waals surface area contributed by atoms with Crippen molar-refractivity contribution in [3.63, 3.8) is 0 Å². The number of imidazole rings is 1. The lowest BCUT2D eigenvalue weighted by molar-refractivity contribution is 0.0696. The Morgan fingerprint density at radius 3 is 2.34 bits per heavy atom. The minimum Gasteiger partial charge on any atom is -0.480 e. The zero-order valence-corrected chi connectivity index (χ0v) is 15.5. The van der Waals surface area contributed by atoms with Gasteiger partial charge in [0.15, 0.2) is 17.0 Å². The van der Waals surface area contributed by atoms with E-state index in [1.54, 1.807) is 0 Å². The largest absolute Gasteiger partial charge is 0.480 e. The summed E-state index contributed by atoms with van der Waals surface area (Å²) < 4.78 is 6.74. The number of ether oxygens (including phenoxy) is 1. The van der Waals surface area contributed by atoms with Crippen molar-refractivity contribution in [1.29, 1.82) is 0 Å². The molecule has 0 spiro atoms. The number of nitrogen functional groups attached to an aromatic ring is 1. The van der Waals surface area contributed by atoms with E-state index in [0.717, 1.165) is 18.9 Å². The van der Waals surface area contributed by atoms with Gasteiger partial charge in [-0.05, 0) is 30.2 Å². The summed E-state index contributed by atoms with van der Waals surface area (Å²) in [7, 11) is 0. The number of hydrogen-bond acceptors (Lipinski definition) is 8. The molecule has 11 nitrogen and oxygen atoms in total. The number of anilines is 1. The number of rotatable bonds is 8. The second kappa shape index (κ2) is 8.00. The van der Waals surface area contributed by atoms with Crippen molar-refractivity contribution < 1.29 is 29.6 Å². The van der Waals surface area contributed by atoms with Crippen LogP contribution >= 0.6 is 0 Å². The van der Waals surface area contributed by atoms with Gasteiger partial charge in [-0.25, -0.2) is 9.59 Å². The van der Waals surface area contributed by atoms with Gasteiger partial charge in [0.25, 0.3) is 6.01 Å². The maximum Gasteiger partial charge on any atom is 0.335 e. The topological polar surface area (TPSA) is 174 Å². The Hall–Kier alpha value is -3.89. The van der Waals surface area contributed by atoms with E-state index in [4.69, 9.17) is 10.5 Å². The summed E-state index contributed by atoms with van der Waals surface area (Å²) in [4.78, 5) is 34.8. The highest BCUT2D eigenvalue weighted by molar-refractivity contribution is 5.94. The molecule has 0 aliphatic heterocycles. The first-order chi connectivity index (χ1) is 13.8. The summed E-state index contributed by atoms with van der Waals surface area (Å²) in [6, 6.07) is 3.27. The van der Waals surface area contributed by atoms with Gasteiger partial charge in [-0.1, -0.05) is 13.3 Å². The summed E-state index contributed by atoms with van der Waals surface area (Å²) in [5.74, 6) is -2.53. The molecule has 0 saturated carbocycles. The van der Waals surface area contributed by atoms with Gasteiger partial charge in [0.2, 0.25) is 0 Å².